The number of benzene rings is 2. The largest absolute Gasteiger partial charge is 0.495 e. The third kappa shape index (κ3) is 5.75. The summed E-state index contributed by atoms with van der Waals surface area (Å²) in [4.78, 5) is 13.9. The summed E-state index contributed by atoms with van der Waals surface area (Å²) in [6.07, 6.45) is 0. The highest BCUT2D eigenvalue weighted by molar-refractivity contribution is 7.99. The van der Waals surface area contributed by atoms with Gasteiger partial charge in [-0.3, -0.25) is 4.79 Å². The number of sulfonamides is 1. The lowest BCUT2D eigenvalue weighted by Crippen LogP contribution is -2.30. The molecule has 0 aliphatic rings. The topological polar surface area (TPSA) is 84.9 Å². The van der Waals surface area contributed by atoms with Crippen LogP contribution in [0.25, 0.3) is 0 Å². The third-order valence-electron chi connectivity index (χ3n) is 4.44. The van der Waals surface area contributed by atoms with Crippen molar-refractivity contribution in [2.24, 2.45) is 0 Å². The van der Waals surface area contributed by atoms with Gasteiger partial charge < -0.3 is 14.8 Å². The molecule has 7 nitrogen and oxygen atoms in total. The molecule has 9 heteroatoms. The molecule has 2 rings (SSSR count). The Morgan fingerprint density at radius 3 is 2.43 bits per heavy atom. The van der Waals surface area contributed by atoms with Crippen molar-refractivity contribution < 1.29 is 22.7 Å². The Kier molecular flexibility index (Phi) is 9.16. The molecule has 0 bridgehead atoms. The fourth-order valence-corrected chi connectivity index (χ4v) is 5.31. The van der Waals surface area contributed by atoms with Crippen molar-refractivity contribution in [3.05, 3.63) is 48.0 Å². The van der Waals surface area contributed by atoms with Crippen LogP contribution in [0.3, 0.4) is 0 Å². The summed E-state index contributed by atoms with van der Waals surface area (Å²) in [6, 6.07) is 11.7. The van der Waals surface area contributed by atoms with E-state index in [1.54, 1.807) is 39.2 Å². The van der Waals surface area contributed by atoms with Crippen LogP contribution >= 0.6 is 11.8 Å². The van der Waals surface area contributed by atoms with Crippen molar-refractivity contribution in [1.29, 1.82) is 0 Å². The molecular weight excluding hydrogens is 424 g/mol. The fraction of sp³-hybridized carbons (Fsp3) is 0.381. The Labute approximate surface area is 182 Å². The van der Waals surface area contributed by atoms with E-state index in [4.69, 9.17) is 9.47 Å². The summed E-state index contributed by atoms with van der Waals surface area (Å²) in [5.74, 6) is 0.749. The second-order valence-electron chi connectivity index (χ2n) is 6.24. The molecule has 2 aromatic carbocycles. The number of hydrogen-bond donors (Lipinski definition) is 1. The first-order chi connectivity index (χ1) is 14.4. The molecule has 0 atom stereocenters. The Bertz CT molecular complexity index is 960. The first-order valence-electron chi connectivity index (χ1n) is 9.59. The van der Waals surface area contributed by atoms with Gasteiger partial charge in [-0.15, -0.1) is 11.8 Å². The third-order valence-corrected chi connectivity index (χ3v) is 7.52. The highest BCUT2D eigenvalue weighted by atomic mass is 32.2. The van der Waals surface area contributed by atoms with Gasteiger partial charge >= 0.3 is 0 Å². The quantitative estimate of drug-likeness (QED) is 0.413. The number of nitrogens with one attached hydrogen (secondary N) is 1. The molecule has 30 heavy (non-hydrogen) atoms. The molecule has 0 heterocycles. The van der Waals surface area contributed by atoms with Crippen LogP contribution in [0.15, 0.2) is 52.3 Å². The van der Waals surface area contributed by atoms with Gasteiger partial charge in [-0.2, -0.15) is 4.31 Å². The number of carbonyl (C=O) groups is 1. The van der Waals surface area contributed by atoms with Crippen LogP contribution < -0.4 is 10.1 Å². The van der Waals surface area contributed by atoms with Gasteiger partial charge in [0.15, 0.2) is 0 Å². The molecule has 2 aromatic rings. The Balaban J connectivity index is 2.35. The predicted octanol–water partition coefficient (Wildman–Crippen LogP) is 3.72. The van der Waals surface area contributed by atoms with Gasteiger partial charge in [-0.05, 0) is 30.3 Å². The monoisotopic (exact) mass is 452 g/mol. The second-order valence-corrected chi connectivity index (χ2v) is 9.32. The molecule has 0 radical (unpaired) electrons. The number of hydrogen-bond acceptors (Lipinski definition) is 6. The van der Waals surface area contributed by atoms with Crippen molar-refractivity contribution in [1.82, 2.24) is 4.31 Å². The standard InChI is InChI=1S/C21H28N2O5S2/c1-5-23(6-2)30(25,26)16-11-12-19(28-4)18(15-16)22-21(24)17-9-7-8-10-20(17)29-14-13-27-3/h7-12,15H,5-6,13-14H2,1-4H3,(H,22,24). The number of rotatable bonds is 11. The van der Waals surface area contributed by atoms with Gasteiger partial charge in [-0.25, -0.2) is 8.42 Å². The van der Waals surface area contributed by atoms with Crippen molar-refractivity contribution in [2.75, 3.05) is 45.0 Å². The number of amides is 1. The van der Waals surface area contributed by atoms with Crippen LogP contribution in [-0.4, -0.2) is 58.3 Å². The number of carbonyl (C=O) groups excluding carboxylic acids is 1. The fourth-order valence-electron chi connectivity index (χ4n) is 2.86. The number of nitrogens with zero attached hydrogens (tertiary/aromatic N) is 1. The van der Waals surface area contributed by atoms with Crippen molar-refractivity contribution >= 4 is 33.4 Å². The van der Waals surface area contributed by atoms with Crippen LogP contribution in [0.2, 0.25) is 0 Å². The van der Waals surface area contributed by atoms with Crippen molar-refractivity contribution in [3.8, 4) is 5.75 Å². The minimum absolute atomic E-state index is 0.102. The Morgan fingerprint density at radius 2 is 1.80 bits per heavy atom. The zero-order valence-electron chi connectivity index (χ0n) is 17.7. The molecule has 0 unspecified atom stereocenters. The van der Waals surface area contributed by atoms with E-state index >= 15 is 0 Å². The average Bonchev–Trinajstić information content (AvgIpc) is 2.74. The summed E-state index contributed by atoms with van der Waals surface area (Å²) < 4.78 is 37.5. The molecule has 0 aliphatic carbocycles. The van der Waals surface area contributed by atoms with Gasteiger partial charge in [0, 0.05) is 30.8 Å². The number of methoxy groups -OCH3 is 2. The average molecular weight is 453 g/mol. The van der Waals surface area contributed by atoms with Crippen LogP contribution in [0, 0.1) is 0 Å². The maximum atomic E-state index is 13.0. The SMILES string of the molecule is CCN(CC)S(=O)(=O)c1ccc(OC)c(NC(=O)c2ccccc2SCCOC)c1. The molecule has 0 saturated heterocycles. The molecule has 1 N–H and O–H groups in total. The second kappa shape index (κ2) is 11.4. The molecule has 0 spiro atoms. The number of ether oxygens (including phenoxy) is 2. The summed E-state index contributed by atoms with van der Waals surface area (Å²) in [7, 11) is -0.564. The van der Waals surface area contributed by atoms with E-state index < -0.39 is 10.0 Å². The smallest absolute Gasteiger partial charge is 0.256 e. The van der Waals surface area contributed by atoms with Gasteiger partial charge in [0.25, 0.3) is 5.91 Å². The lowest BCUT2D eigenvalue weighted by Gasteiger charge is -2.20. The highest BCUT2D eigenvalue weighted by Crippen LogP contribution is 2.30. The maximum Gasteiger partial charge on any atom is 0.256 e. The van der Waals surface area contributed by atoms with Gasteiger partial charge in [0.1, 0.15) is 5.75 Å². The van der Waals surface area contributed by atoms with Crippen LogP contribution in [0.4, 0.5) is 5.69 Å². The first kappa shape index (κ1) is 24.2. The number of thioether (sulfide) groups is 1. The Morgan fingerprint density at radius 1 is 1.10 bits per heavy atom. The zero-order chi connectivity index (χ0) is 22.1. The van der Waals surface area contributed by atoms with E-state index in [0.717, 1.165) is 4.90 Å². The van der Waals surface area contributed by atoms with Gasteiger partial charge in [-0.1, -0.05) is 26.0 Å². The first-order valence-corrected chi connectivity index (χ1v) is 12.0. The summed E-state index contributed by atoms with van der Waals surface area (Å²) >= 11 is 1.52. The van der Waals surface area contributed by atoms with Crippen LogP contribution in [0.5, 0.6) is 5.75 Å². The number of anilines is 1. The lowest BCUT2D eigenvalue weighted by atomic mass is 10.2. The minimum Gasteiger partial charge on any atom is -0.495 e. The summed E-state index contributed by atoms with van der Waals surface area (Å²) in [5.41, 5.74) is 0.796. The molecule has 0 aromatic heterocycles. The molecule has 0 aliphatic heterocycles. The zero-order valence-corrected chi connectivity index (χ0v) is 19.3. The summed E-state index contributed by atoms with van der Waals surface area (Å²) in [5, 5.41) is 2.80. The highest BCUT2D eigenvalue weighted by Gasteiger charge is 2.23. The maximum absolute atomic E-state index is 13.0. The molecule has 0 fully saturated rings. The van der Waals surface area contributed by atoms with E-state index in [1.165, 1.54) is 35.3 Å². The molecule has 164 valence electrons. The van der Waals surface area contributed by atoms with Crippen LogP contribution in [-0.2, 0) is 14.8 Å². The molecule has 0 saturated carbocycles. The van der Waals surface area contributed by atoms with E-state index in [0.29, 0.717) is 42.4 Å². The van der Waals surface area contributed by atoms with Crippen molar-refractivity contribution in [3.63, 3.8) is 0 Å². The minimum atomic E-state index is -3.66. The van der Waals surface area contributed by atoms with E-state index in [9.17, 15) is 13.2 Å². The lowest BCUT2D eigenvalue weighted by molar-refractivity contribution is 0.102. The van der Waals surface area contributed by atoms with Crippen molar-refractivity contribution in [2.45, 2.75) is 23.6 Å². The summed E-state index contributed by atoms with van der Waals surface area (Å²) in [6.45, 7) is 4.86. The van der Waals surface area contributed by atoms with Gasteiger partial charge in [0.05, 0.1) is 29.9 Å². The van der Waals surface area contributed by atoms with Crippen LogP contribution in [0.1, 0.15) is 24.2 Å². The predicted molar refractivity (Wildman–Crippen MR) is 120 cm³/mol. The molecule has 1 amide bonds. The van der Waals surface area contributed by atoms with Gasteiger partial charge in [0.2, 0.25) is 10.0 Å². The Hall–Kier alpha value is -2.07. The normalized spacial score (nSPS) is 11.5. The van der Waals surface area contributed by atoms with E-state index in [-0.39, 0.29) is 10.8 Å². The van der Waals surface area contributed by atoms with E-state index in [1.807, 2.05) is 12.1 Å². The van der Waals surface area contributed by atoms with E-state index in [2.05, 4.69) is 5.32 Å². The molecular formula is C21H28N2O5S2.